The number of ether oxygens (including phenoxy) is 1. The van der Waals surface area contributed by atoms with Crippen molar-refractivity contribution >= 4 is 18.2 Å². The van der Waals surface area contributed by atoms with E-state index in [2.05, 4.69) is 9.99 Å². The quantitative estimate of drug-likeness (QED) is 0.439. The second-order valence-corrected chi connectivity index (χ2v) is 4.74. The van der Waals surface area contributed by atoms with Gasteiger partial charge in [0.15, 0.2) is 0 Å². The minimum Gasteiger partial charge on any atom is -0.427 e. The van der Waals surface area contributed by atoms with Gasteiger partial charge < -0.3 is 4.74 Å². The van der Waals surface area contributed by atoms with Gasteiger partial charge in [-0.3, -0.25) is 9.63 Å². The van der Waals surface area contributed by atoms with E-state index in [0.29, 0.717) is 17.7 Å². The summed E-state index contributed by atoms with van der Waals surface area (Å²) >= 11 is 0. The molecule has 0 heterocycles. The Labute approximate surface area is 106 Å². The van der Waals surface area contributed by atoms with Crippen molar-refractivity contribution in [2.75, 3.05) is 0 Å². The average Bonchev–Trinajstić information content (AvgIpc) is 2.26. The second kappa shape index (κ2) is 6.14. The summed E-state index contributed by atoms with van der Waals surface area (Å²) in [4.78, 5) is 26.3. The Hall–Kier alpha value is -1.91. The fourth-order valence-corrected chi connectivity index (χ4v) is 1.29. The molecule has 5 heteroatoms. The minimum atomic E-state index is -0.862. The van der Waals surface area contributed by atoms with Crippen molar-refractivity contribution in [3.63, 3.8) is 0 Å². The van der Waals surface area contributed by atoms with E-state index in [-0.39, 0.29) is 6.42 Å². The average molecular weight is 250 g/mol. The molecule has 0 atom stereocenters. The zero-order valence-electron chi connectivity index (χ0n) is 10.7. The van der Waals surface area contributed by atoms with E-state index in [1.165, 1.54) is 0 Å². The molecule has 0 aromatic heterocycles. The highest BCUT2D eigenvalue weighted by Crippen LogP contribution is 2.14. The van der Waals surface area contributed by atoms with Crippen molar-refractivity contribution in [3.05, 3.63) is 23.8 Å². The van der Waals surface area contributed by atoms with Crippen LogP contribution in [0.25, 0.3) is 0 Å². The van der Waals surface area contributed by atoms with Crippen molar-refractivity contribution in [2.45, 2.75) is 39.2 Å². The van der Waals surface area contributed by atoms with Crippen molar-refractivity contribution in [3.8, 4) is 0 Å². The maximum atomic E-state index is 11.3. The molecule has 0 fully saturated rings. The third-order valence-corrected chi connectivity index (χ3v) is 2.00. The molecule has 97 valence electrons. The number of oxime groups is 1. The first kappa shape index (κ1) is 14.2. The van der Waals surface area contributed by atoms with E-state index >= 15 is 0 Å². The number of rotatable bonds is 3. The largest absolute Gasteiger partial charge is 0.535 e. The number of allylic oxidation sites excluding steroid dienone is 4. The highest BCUT2D eigenvalue weighted by atomic mass is 16.8. The molecule has 5 nitrogen and oxygen atoms in total. The molecule has 0 N–H and O–H groups in total. The van der Waals surface area contributed by atoms with Gasteiger partial charge >= 0.3 is 6.16 Å². The molecule has 0 aromatic carbocycles. The first-order valence-corrected chi connectivity index (χ1v) is 5.60. The monoisotopic (exact) mass is 250 g/mol. The number of hydrogen-bond acceptors (Lipinski definition) is 5. The van der Waals surface area contributed by atoms with Crippen LogP contribution in [0.3, 0.4) is 0 Å². The topological polar surface area (TPSA) is 65.0 Å². The van der Waals surface area contributed by atoms with Gasteiger partial charge in [-0.05, 0) is 26.3 Å². The van der Waals surface area contributed by atoms with Crippen molar-refractivity contribution < 1.29 is 19.2 Å². The summed E-state index contributed by atoms with van der Waals surface area (Å²) < 4.78 is 4.94. The van der Waals surface area contributed by atoms with Crippen LogP contribution in [0.1, 0.15) is 33.6 Å². The number of carbonyl (C=O) groups excluding carboxylic acids is 2. The van der Waals surface area contributed by atoms with Crippen LogP contribution in [-0.4, -0.2) is 23.8 Å². The van der Waals surface area contributed by atoms with Gasteiger partial charge in [0.05, 0.1) is 5.71 Å². The summed E-state index contributed by atoms with van der Waals surface area (Å²) in [6.45, 7) is 5.20. The standard InChI is InChI=1S/C13H16NO4/c1-13(2,3)17-12(16)18-14-11-7-5-4-6-10(11)8-9-15/h4-6H,7-8H2,1-3H3. The lowest BCUT2D eigenvalue weighted by molar-refractivity contribution is -0.00625. The summed E-state index contributed by atoms with van der Waals surface area (Å²) in [6, 6.07) is 0. The second-order valence-electron chi connectivity index (χ2n) is 4.74. The summed E-state index contributed by atoms with van der Waals surface area (Å²) in [5.41, 5.74) is 0.599. The van der Waals surface area contributed by atoms with Gasteiger partial charge in [-0.2, -0.15) is 0 Å². The van der Waals surface area contributed by atoms with Gasteiger partial charge in [0.25, 0.3) is 0 Å². The van der Waals surface area contributed by atoms with Gasteiger partial charge in [-0.15, -0.1) is 0 Å². The number of hydrogen-bond donors (Lipinski definition) is 0. The molecular weight excluding hydrogens is 234 g/mol. The normalized spacial score (nSPS) is 17.3. The van der Waals surface area contributed by atoms with Crippen LogP contribution in [0, 0.1) is 0 Å². The predicted molar refractivity (Wildman–Crippen MR) is 66.9 cm³/mol. The van der Waals surface area contributed by atoms with E-state index in [4.69, 9.17) is 4.74 Å². The number of carbonyl (C=O) groups is 1. The fraction of sp³-hybridized carbons (Fsp3) is 0.462. The Morgan fingerprint density at radius 3 is 2.83 bits per heavy atom. The molecule has 0 spiro atoms. The van der Waals surface area contributed by atoms with Crippen LogP contribution in [-0.2, 0) is 14.4 Å². The molecule has 0 saturated heterocycles. The molecule has 1 aliphatic rings. The Balaban J connectivity index is 2.61. The molecule has 0 aromatic rings. The van der Waals surface area contributed by atoms with Crippen molar-refractivity contribution in [1.82, 2.24) is 0 Å². The van der Waals surface area contributed by atoms with Crippen molar-refractivity contribution in [2.24, 2.45) is 5.16 Å². The van der Waals surface area contributed by atoms with Gasteiger partial charge in [-0.25, -0.2) is 4.79 Å². The van der Waals surface area contributed by atoms with Crippen LogP contribution in [0.15, 0.2) is 29.0 Å². The molecule has 0 unspecified atom stereocenters. The molecule has 18 heavy (non-hydrogen) atoms. The SMILES string of the molecule is CC(C)(C)OC(=O)ON=C1CC=CC=C1C[C]=O. The molecular formula is C13H16NO4. The summed E-state index contributed by atoms with van der Waals surface area (Å²) in [6.07, 6.45) is 6.98. The Bertz CT molecular complexity index is 413. The Morgan fingerprint density at radius 2 is 2.22 bits per heavy atom. The number of nitrogens with zero attached hydrogens (tertiary/aromatic N) is 1. The lowest BCUT2D eigenvalue weighted by Crippen LogP contribution is -2.23. The minimum absolute atomic E-state index is 0.126. The maximum absolute atomic E-state index is 11.3. The van der Waals surface area contributed by atoms with Crippen LogP contribution in [0.2, 0.25) is 0 Å². The predicted octanol–water partition coefficient (Wildman–Crippen LogP) is 2.68. The molecule has 0 saturated carbocycles. The molecule has 1 aliphatic carbocycles. The summed E-state index contributed by atoms with van der Waals surface area (Å²) in [7, 11) is 0. The first-order valence-electron chi connectivity index (χ1n) is 5.60. The fourth-order valence-electron chi connectivity index (χ4n) is 1.29. The van der Waals surface area contributed by atoms with Gasteiger partial charge in [-0.1, -0.05) is 23.4 Å². The molecule has 0 bridgehead atoms. The van der Waals surface area contributed by atoms with E-state index < -0.39 is 11.8 Å². The molecule has 0 aliphatic heterocycles. The summed E-state index contributed by atoms with van der Waals surface area (Å²) in [5, 5.41) is 3.71. The zero-order valence-corrected chi connectivity index (χ0v) is 10.7. The van der Waals surface area contributed by atoms with Gasteiger partial charge in [0.1, 0.15) is 5.60 Å². The van der Waals surface area contributed by atoms with Crippen LogP contribution in [0.4, 0.5) is 4.79 Å². The molecule has 0 amide bonds. The van der Waals surface area contributed by atoms with E-state index in [0.717, 1.165) is 0 Å². The van der Waals surface area contributed by atoms with Gasteiger partial charge in [0.2, 0.25) is 6.29 Å². The van der Waals surface area contributed by atoms with E-state index in [1.807, 2.05) is 12.2 Å². The Kier molecular flexibility index (Phi) is 4.83. The molecule has 1 radical (unpaired) electrons. The first-order chi connectivity index (χ1) is 8.42. The molecule has 1 rings (SSSR count). The third-order valence-electron chi connectivity index (χ3n) is 2.00. The highest BCUT2D eigenvalue weighted by molar-refractivity contribution is 6.03. The highest BCUT2D eigenvalue weighted by Gasteiger charge is 2.18. The lowest BCUT2D eigenvalue weighted by Gasteiger charge is -2.17. The van der Waals surface area contributed by atoms with Crippen LogP contribution >= 0.6 is 0 Å². The third kappa shape index (κ3) is 4.95. The van der Waals surface area contributed by atoms with Gasteiger partial charge in [0, 0.05) is 12.8 Å². The Morgan fingerprint density at radius 1 is 1.50 bits per heavy atom. The van der Waals surface area contributed by atoms with Crippen LogP contribution in [0.5, 0.6) is 0 Å². The zero-order chi connectivity index (χ0) is 13.6. The van der Waals surface area contributed by atoms with E-state index in [9.17, 15) is 9.59 Å². The summed E-state index contributed by atoms with van der Waals surface area (Å²) in [5.74, 6) is 0. The van der Waals surface area contributed by atoms with Crippen LogP contribution < -0.4 is 0 Å². The smallest absolute Gasteiger partial charge is 0.427 e. The van der Waals surface area contributed by atoms with Crippen molar-refractivity contribution in [1.29, 1.82) is 0 Å². The lowest BCUT2D eigenvalue weighted by atomic mass is 10.0. The maximum Gasteiger partial charge on any atom is 0.535 e. The van der Waals surface area contributed by atoms with E-state index in [1.54, 1.807) is 33.1 Å².